The Labute approximate surface area is 107 Å². The third-order valence-corrected chi connectivity index (χ3v) is 2.87. The van der Waals surface area contributed by atoms with Gasteiger partial charge in [-0.15, -0.1) is 0 Å². The van der Waals surface area contributed by atoms with Crippen LogP contribution in [-0.2, 0) is 14.3 Å². The van der Waals surface area contributed by atoms with Crippen LogP contribution in [0.2, 0.25) is 0 Å². The van der Waals surface area contributed by atoms with Gasteiger partial charge in [-0.05, 0) is 27.7 Å². The summed E-state index contributed by atoms with van der Waals surface area (Å²) in [6.07, 6.45) is -1.18. The largest absolute Gasteiger partial charge is 0.467 e. The van der Waals surface area contributed by atoms with Gasteiger partial charge in [0.15, 0.2) is 0 Å². The summed E-state index contributed by atoms with van der Waals surface area (Å²) < 4.78 is 9.88. The van der Waals surface area contributed by atoms with Gasteiger partial charge in [0.25, 0.3) is 0 Å². The quantitative estimate of drug-likeness (QED) is 0.709. The van der Waals surface area contributed by atoms with Gasteiger partial charge in [0.1, 0.15) is 11.6 Å². The van der Waals surface area contributed by atoms with Crippen LogP contribution in [-0.4, -0.2) is 53.0 Å². The van der Waals surface area contributed by atoms with Crippen LogP contribution in [0, 0.1) is 0 Å². The van der Waals surface area contributed by atoms with Gasteiger partial charge in [-0.2, -0.15) is 0 Å². The fourth-order valence-electron chi connectivity index (χ4n) is 1.96. The van der Waals surface area contributed by atoms with Crippen molar-refractivity contribution < 1.29 is 24.2 Å². The lowest BCUT2D eigenvalue weighted by Crippen LogP contribution is -2.47. The fourth-order valence-corrected chi connectivity index (χ4v) is 1.96. The van der Waals surface area contributed by atoms with Crippen LogP contribution < -0.4 is 0 Å². The smallest absolute Gasteiger partial charge is 0.411 e. The van der Waals surface area contributed by atoms with Crippen molar-refractivity contribution in [2.45, 2.75) is 57.9 Å². The van der Waals surface area contributed by atoms with Crippen LogP contribution in [0.25, 0.3) is 0 Å². The Morgan fingerprint density at radius 3 is 2.33 bits per heavy atom. The first-order valence-corrected chi connectivity index (χ1v) is 5.94. The van der Waals surface area contributed by atoms with Gasteiger partial charge in [0.05, 0.1) is 19.3 Å². The molecule has 6 nitrogen and oxygen atoms in total. The molecule has 0 aliphatic carbocycles. The Morgan fingerprint density at radius 1 is 1.33 bits per heavy atom. The summed E-state index contributed by atoms with van der Waals surface area (Å²) >= 11 is 0. The highest BCUT2D eigenvalue weighted by molar-refractivity contribution is 5.82. The van der Waals surface area contributed by atoms with E-state index >= 15 is 0 Å². The van der Waals surface area contributed by atoms with E-state index in [0.29, 0.717) is 0 Å². The second-order valence-corrected chi connectivity index (χ2v) is 5.47. The average Bonchev–Trinajstić information content (AvgIpc) is 2.52. The van der Waals surface area contributed by atoms with Crippen molar-refractivity contribution in [2.24, 2.45) is 0 Å². The first kappa shape index (κ1) is 14.8. The number of aliphatic hydroxyl groups excluding tert-OH is 1. The van der Waals surface area contributed by atoms with E-state index in [1.54, 1.807) is 27.7 Å². The molecule has 1 aliphatic rings. The van der Waals surface area contributed by atoms with E-state index in [0.717, 1.165) is 0 Å². The standard InChI is InChI=1S/C12H21NO5/c1-7-9(14)6-8(10(15)17-5)13(7)11(16)18-12(2,3)4/h7-9,14H,6H2,1-5H3/t7?,8-,9?/m1/s1. The maximum Gasteiger partial charge on any atom is 0.411 e. The van der Waals surface area contributed by atoms with Crippen LogP contribution in [0.1, 0.15) is 34.1 Å². The summed E-state index contributed by atoms with van der Waals surface area (Å²) in [5.41, 5.74) is -0.648. The highest BCUT2D eigenvalue weighted by Gasteiger charge is 2.46. The number of hydrogen-bond acceptors (Lipinski definition) is 5. The van der Waals surface area contributed by atoms with Gasteiger partial charge in [0.2, 0.25) is 0 Å². The molecule has 104 valence electrons. The van der Waals surface area contributed by atoms with E-state index < -0.39 is 35.9 Å². The third-order valence-electron chi connectivity index (χ3n) is 2.87. The third kappa shape index (κ3) is 3.13. The van der Waals surface area contributed by atoms with Crippen molar-refractivity contribution in [1.29, 1.82) is 0 Å². The minimum atomic E-state index is -0.783. The number of esters is 1. The second kappa shape index (κ2) is 5.14. The van der Waals surface area contributed by atoms with Gasteiger partial charge in [0, 0.05) is 6.42 Å². The Kier molecular flexibility index (Phi) is 4.21. The number of carbonyl (C=O) groups excluding carboxylic acids is 2. The molecular formula is C12H21NO5. The summed E-state index contributed by atoms with van der Waals surface area (Å²) in [4.78, 5) is 24.9. The number of carbonyl (C=O) groups is 2. The molecule has 1 heterocycles. The number of methoxy groups -OCH3 is 1. The molecule has 0 spiro atoms. The van der Waals surface area contributed by atoms with Crippen molar-refractivity contribution in [1.82, 2.24) is 4.90 Å². The van der Waals surface area contributed by atoms with E-state index in [9.17, 15) is 14.7 Å². The number of ether oxygens (including phenoxy) is 2. The minimum Gasteiger partial charge on any atom is -0.467 e. The van der Waals surface area contributed by atoms with E-state index in [1.807, 2.05) is 0 Å². The fraction of sp³-hybridized carbons (Fsp3) is 0.833. The first-order valence-electron chi connectivity index (χ1n) is 5.94. The molecule has 0 aromatic rings. The summed E-state index contributed by atoms with van der Waals surface area (Å²) in [5, 5.41) is 9.77. The highest BCUT2D eigenvalue weighted by atomic mass is 16.6. The Bertz CT molecular complexity index is 336. The maximum absolute atomic E-state index is 12.0. The number of aliphatic hydroxyl groups is 1. The van der Waals surface area contributed by atoms with Crippen LogP contribution in [0.15, 0.2) is 0 Å². The second-order valence-electron chi connectivity index (χ2n) is 5.47. The first-order chi connectivity index (χ1) is 8.17. The van der Waals surface area contributed by atoms with Crippen LogP contribution in [0.4, 0.5) is 4.79 Å². The number of nitrogens with zero attached hydrogens (tertiary/aromatic N) is 1. The zero-order valence-electron chi connectivity index (χ0n) is 11.5. The molecule has 6 heteroatoms. The molecule has 1 amide bonds. The van der Waals surface area contributed by atoms with Gasteiger partial charge in [-0.1, -0.05) is 0 Å². The van der Waals surface area contributed by atoms with E-state index in [4.69, 9.17) is 4.74 Å². The van der Waals surface area contributed by atoms with Crippen molar-refractivity contribution in [3.05, 3.63) is 0 Å². The maximum atomic E-state index is 12.0. The zero-order valence-corrected chi connectivity index (χ0v) is 11.5. The molecular weight excluding hydrogens is 238 g/mol. The predicted octanol–water partition coefficient (Wildman–Crippen LogP) is 0.918. The molecule has 0 bridgehead atoms. The molecule has 0 saturated carbocycles. The number of hydrogen-bond donors (Lipinski definition) is 1. The lowest BCUT2D eigenvalue weighted by atomic mass is 10.1. The molecule has 0 aromatic carbocycles. The molecule has 1 saturated heterocycles. The molecule has 18 heavy (non-hydrogen) atoms. The average molecular weight is 259 g/mol. The molecule has 1 aliphatic heterocycles. The lowest BCUT2D eigenvalue weighted by molar-refractivity contribution is -0.146. The highest BCUT2D eigenvalue weighted by Crippen LogP contribution is 2.27. The van der Waals surface area contributed by atoms with Crippen molar-refractivity contribution in [2.75, 3.05) is 7.11 Å². The van der Waals surface area contributed by atoms with Crippen molar-refractivity contribution in [3.63, 3.8) is 0 Å². The molecule has 3 atom stereocenters. The normalized spacial score (nSPS) is 28.1. The summed E-state index contributed by atoms with van der Waals surface area (Å²) in [6.45, 7) is 6.91. The van der Waals surface area contributed by atoms with Gasteiger partial charge in [-0.3, -0.25) is 4.90 Å². The summed E-state index contributed by atoms with van der Waals surface area (Å²) in [7, 11) is 1.25. The van der Waals surface area contributed by atoms with Crippen molar-refractivity contribution in [3.8, 4) is 0 Å². The van der Waals surface area contributed by atoms with Crippen molar-refractivity contribution >= 4 is 12.1 Å². The molecule has 0 radical (unpaired) electrons. The molecule has 1 rings (SSSR count). The molecule has 1 N–H and O–H groups in total. The lowest BCUT2D eigenvalue weighted by Gasteiger charge is -2.30. The Balaban J connectivity index is 2.88. The monoisotopic (exact) mass is 259 g/mol. The SMILES string of the molecule is COC(=O)[C@H]1CC(O)C(C)N1C(=O)OC(C)(C)C. The Hall–Kier alpha value is -1.30. The Morgan fingerprint density at radius 2 is 1.89 bits per heavy atom. The summed E-state index contributed by atoms with van der Waals surface area (Å²) in [5.74, 6) is -0.538. The van der Waals surface area contributed by atoms with E-state index in [2.05, 4.69) is 4.74 Å². The van der Waals surface area contributed by atoms with Crippen LogP contribution >= 0.6 is 0 Å². The van der Waals surface area contributed by atoms with Gasteiger partial charge in [-0.25, -0.2) is 9.59 Å². The number of amides is 1. The molecule has 2 unspecified atom stereocenters. The molecule has 0 aromatic heterocycles. The zero-order chi connectivity index (χ0) is 14.1. The van der Waals surface area contributed by atoms with Gasteiger partial charge >= 0.3 is 12.1 Å². The van der Waals surface area contributed by atoms with E-state index in [1.165, 1.54) is 12.0 Å². The summed E-state index contributed by atoms with van der Waals surface area (Å²) in [6, 6.07) is -1.25. The number of likely N-dealkylation sites (tertiary alicyclic amines) is 1. The van der Waals surface area contributed by atoms with Crippen LogP contribution in [0.5, 0.6) is 0 Å². The van der Waals surface area contributed by atoms with Crippen LogP contribution in [0.3, 0.4) is 0 Å². The topological polar surface area (TPSA) is 76.1 Å². The minimum absolute atomic E-state index is 0.174. The van der Waals surface area contributed by atoms with Gasteiger partial charge < -0.3 is 14.6 Å². The number of rotatable bonds is 1. The predicted molar refractivity (Wildman–Crippen MR) is 64.0 cm³/mol. The van der Waals surface area contributed by atoms with E-state index in [-0.39, 0.29) is 6.42 Å². The molecule has 1 fully saturated rings.